The Morgan fingerprint density at radius 1 is 1.16 bits per heavy atom. The molecule has 0 saturated carbocycles. The van der Waals surface area contributed by atoms with Gasteiger partial charge in [0.2, 0.25) is 0 Å². The molecular weight excluding hydrogens is 316 g/mol. The van der Waals surface area contributed by atoms with Crippen LogP contribution in [-0.4, -0.2) is 15.9 Å². The van der Waals surface area contributed by atoms with Crippen LogP contribution in [0.15, 0.2) is 47.3 Å². The highest BCUT2D eigenvalue weighted by Gasteiger charge is 2.09. The summed E-state index contributed by atoms with van der Waals surface area (Å²) in [6.07, 6.45) is 0.512. The van der Waals surface area contributed by atoms with Gasteiger partial charge >= 0.3 is 5.97 Å². The number of aryl methyl sites for hydroxylation is 3. The summed E-state index contributed by atoms with van der Waals surface area (Å²) in [4.78, 5) is 31.1. The number of nitrogens with zero attached hydrogens (tertiary/aromatic N) is 1. The number of carbonyl (C=O) groups is 1. The maximum Gasteiger partial charge on any atom is 0.306 e. The highest BCUT2D eigenvalue weighted by Crippen LogP contribution is 2.12. The van der Waals surface area contributed by atoms with Gasteiger partial charge in [0.1, 0.15) is 12.4 Å². The molecule has 0 aliphatic heterocycles. The number of esters is 1. The molecule has 1 heterocycles. The highest BCUT2D eigenvalue weighted by atomic mass is 16.5. The van der Waals surface area contributed by atoms with E-state index in [2.05, 4.69) is 9.97 Å². The Morgan fingerprint density at radius 2 is 1.96 bits per heavy atom. The van der Waals surface area contributed by atoms with Crippen molar-refractivity contribution in [2.75, 3.05) is 0 Å². The number of nitrogens with one attached hydrogen (secondary N) is 1. The van der Waals surface area contributed by atoms with Crippen LogP contribution >= 0.6 is 0 Å². The van der Waals surface area contributed by atoms with E-state index in [1.807, 2.05) is 38.1 Å². The predicted octanol–water partition coefficient (Wildman–Crippen LogP) is 3.22. The molecule has 0 spiro atoms. The van der Waals surface area contributed by atoms with Crippen molar-refractivity contribution in [2.24, 2.45) is 0 Å². The van der Waals surface area contributed by atoms with Gasteiger partial charge in [-0.2, -0.15) is 0 Å². The highest BCUT2D eigenvalue weighted by molar-refractivity contribution is 5.77. The van der Waals surface area contributed by atoms with Crippen LogP contribution in [0, 0.1) is 13.8 Å². The van der Waals surface area contributed by atoms with Gasteiger partial charge in [-0.25, -0.2) is 4.98 Å². The van der Waals surface area contributed by atoms with Crippen LogP contribution in [0.5, 0.6) is 0 Å². The fraction of sp³-hybridized carbons (Fsp3) is 0.250. The van der Waals surface area contributed by atoms with Gasteiger partial charge in [-0.05, 0) is 37.1 Å². The van der Waals surface area contributed by atoms with E-state index in [1.165, 1.54) is 0 Å². The summed E-state index contributed by atoms with van der Waals surface area (Å²) in [5.41, 5.74) is 3.67. The minimum Gasteiger partial charge on any atom is -0.461 e. The number of aromatic amines is 1. The number of fused-ring (bicyclic) bond motifs is 1. The molecule has 0 bridgehead atoms. The molecule has 0 amide bonds. The molecule has 0 atom stereocenters. The monoisotopic (exact) mass is 336 g/mol. The van der Waals surface area contributed by atoms with E-state index in [-0.39, 0.29) is 24.6 Å². The van der Waals surface area contributed by atoms with E-state index >= 15 is 0 Å². The van der Waals surface area contributed by atoms with Crippen molar-refractivity contribution in [1.29, 1.82) is 0 Å². The molecule has 0 saturated heterocycles. The van der Waals surface area contributed by atoms with Crippen molar-refractivity contribution < 1.29 is 9.53 Å². The first-order valence-corrected chi connectivity index (χ1v) is 8.22. The molecule has 3 aromatic rings. The third kappa shape index (κ3) is 4.12. The van der Waals surface area contributed by atoms with Crippen LogP contribution in [0.3, 0.4) is 0 Å². The van der Waals surface area contributed by atoms with Crippen molar-refractivity contribution in [1.82, 2.24) is 9.97 Å². The Hall–Kier alpha value is -2.95. The molecule has 5 nitrogen and oxygen atoms in total. The largest absolute Gasteiger partial charge is 0.461 e. The third-order valence-electron chi connectivity index (χ3n) is 4.12. The summed E-state index contributed by atoms with van der Waals surface area (Å²) in [6.45, 7) is 4.26. The molecule has 0 radical (unpaired) electrons. The second kappa shape index (κ2) is 7.30. The molecule has 0 unspecified atom stereocenters. The van der Waals surface area contributed by atoms with Crippen molar-refractivity contribution in [3.8, 4) is 0 Å². The normalized spacial score (nSPS) is 10.8. The second-order valence-corrected chi connectivity index (χ2v) is 6.12. The fourth-order valence-electron chi connectivity index (χ4n) is 2.66. The topological polar surface area (TPSA) is 72.0 Å². The number of benzene rings is 2. The van der Waals surface area contributed by atoms with E-state index in [9.17, 15) is 9.59 Å². The third-order valence-corrected chi connectivity index (χ3v) is 4.12. The van der Waals surface area contributed by atoms with Crippen molar-refractivity contribution in [3.05, 3.63) is 75.3 Å². The van der Waals surface area contributed by atoms with Gasteiger partial charge in [-0.3, -0.25) is 9.59 Å². The van der Waals surface area contributed by atoms with Gasteiger partial charge in [-0.15, -0.1) is 0 Å². The average molecular weight is 336 g/mol. The van der Waals surface area contributed by atoms with Gasteiger partial charge in [0, 0.05) is 6.42 Å². The number of ether oxygens (including phenoxy) is 1. The van der Waals surface area contributed by atoms with Gasteiger partial charge in [0.25, 0.3) is 5.56 Å². The molecule has 0 fully saturated rings. The number of aromatic nitrogens is 2. The maximum atomic E-state index is 12.0. The molecule has 25 heavy (non-hydrogen) atoms. The van der Waals surface area contributed by atoms with E-state index < -0.39 is 0 Å². The lowest BCUT2D eigenvalue weighted by Crippen LogP contribution is -2.14. The molecule has 128 valence electrons. The first-order chi connectivity index (χ1) is 12.0. The molecule has 0 aliphatic rings. The van der Waals surface area contributed by atoms with E-state index in [0.717, 1.165) is 16.7 Å². The van der Waals surface area contributed by atoms with Crippen LogP contribution in [0.1, 0.15) is 28.9 Å². The van der Waals surface area contributed by atoms with Gasteiger partial charge in [-0.1, -0.05) is 35.9 Å². The van der Waals surface area contributed by atoms with E-state index in [0.29, 0.717) is 23.1 Å². The number of hydrogen-bond donors (Lipinski definition) is 1. The van der Waals surface area contributed by atoms with Crippen molar-refractivity contribution in [2.45, 2.75) is 33.3 Å². The molecule has 0 aliphatic carbocycles. The van der Waals surface area contributed by atoms with Crippen LogP contribution in [0.25, 0.3) is 10.9 Å². The Balaban J connectivity index is 1.61. The molecule has 2 aromatic carbocycles. The standard InChI is InChI=1S/C20H20N2O3/c1-13-7-8-14(2)15(11-13)12-25-19(23)10-9-18-21-17-6-4-3-5-16(17)20(24)22-18/h3-8,11H,9-10,12H2,1-2H3,(H,21,22,24). The van der Waals surface area contributed by atoms with Gasteiger partial charge in [0.15, 0.2) is 0 Å². The van der Waals surface area contributed by atoms with Crippen LogP contribution in [0.2, 0.25) is 0 Å². The average Bonchev–Trinajstić information content (AvgIpc) is 2.61. The minimum absolute atomic E-state index is 0.173. The predicted molar refractivity (Wildman–Crippen MR) is 96.4 cm³/mol. The molecular formula is C20H20N2O3. The number of para-hydroxylation sites is 1. The zero-order chi connectivity index (χ0) is 17.8. The minimum atomic E-state index is -0.309. The Labute approximate surface area is 145 Å². The lowest BCUT2D eigenvalue weighted by molar-refractivity contribution is -0.144. The van der Waals surface area contributed by atoms with Crippen LogP contribution in [0.4, 0.5) is 0 Å². The summed E-state index contributed by atoms with van der Waals surface area (Å²) in [5.74, 6) is 0.184. The number of hydrogen-bond acceptors (Lipinski definition) is 4. The van der Waals surface area contributed by atoms with Crippen LogP contribution < -0.4 is 5.56 Å². The van der Waals surface area contributed by atoms with E-state index in [4.69, 9.17) is 4.74 Å². The lowest BCUT2D eigenvalue weighted by Gasteiger charge is -2.08. The molecule has 1 aromatic heterocycles. The molecule has 3 rings (SSSR count). The maximum absolute atomic E-state index is 12.0. The number of H-pyrrole nitrogens is 1. The zero-order valence-corrected chi connectivity index (χ0v) is 14.3. The lowest BCUT2D eigenvalue weighted by atomic mass is 10.1. The first-order valence-electron chi connectivity index (χ1n) is 8.22. The fourth-order valence-corrected chi connectivity index (χ4v) is 2.66. The quantitative estimate of drug-likeness (QED) is 0.726. The number of rotatable bonds is 5. The summed E-state index contributed by atoms with van der Waals surface area (Å²) in [5, 5.41) is 0.545. The first kappa shape index (κ1) is 16.9. The smallest absolute Gasteiger partial charge is 0.306 e. The number of carbonyl (C=O) groups excluding carboxylic acids is 1. The SMILES string of the molecule is Cc1ccc(C)c(COC(=O)CCc2nc3ccccc3c(=O)[nH]2)c1. The van der Waals surface area contributed by atoms with Crippen molar-refractivity contribution in [3.63, 3.8) is 0 Å². The summed E-state index contributed by atoms with van der Waals surface area (Å²) < 4.78 is 5.34. The van der Waals surface area contributed by atoms with Gasteiger partial charge < -0.3 is 9.72 Å². The summed E-state index contributed by atoms with van der Waals surface area (Å²) in [6, 6.07) is 13.2. The Kier molecular flexibility index (Phi) is 4.93. The summed E-state index contributed by atoms with van der Waals surface area (Å²) in [7, 11) is 0. The summed E-state index contributed by atoms with van der Waals surface area (Å²) >= 11 is 0. The Morgan fingerprint density at radius 3 is 2.80 bits per heavy atom. The second-order valence-electron chi connectivity index (χ2n) is 6.12. The zero-order valence-electron chi connectivity index (χ0n) is 14.3. The van der Waals surface area contributed by atoms with Gasteiger partial charge in [0.05, 0.1) is 17.3 Å². The van der Waals surface area contributed by atoms with Crippen LogP contribution in [-0.2, 0) is 22.6 Å². The Bertz CT molecular complexity index is 976. The molecule has 5 heteroatoms. The molecule has 1 N–H and O–H groups in total. The van der Waals surface area contributed by atoms with Crippen molar-refractivity contribution >= 4 is 16.9 Å². The van der Waals surface area contributed by atoms with E-state index in [1.54, 1.807) is 18.2 Å².